The van der Waals surface area contributed by atoms with E-state index < -0.39 is 10.0 Å². The topological polar surface area (TPSA) is 86.3 Å². The number of sulfonamides is 1. The number of hydrogen-bond donors (Lipinski definition) is 2. The highest BCUT2D eigenvalue weighted by atomic mass is 35.5. The van der Waals surface area contributed by atoms with Crippen LogP contribution in [0.3, 0.4) is 0 Å². The molecule has 0 aliphatic carbocycles. The lowest BCUT2D eigenvalue weighted by Gasteiger charge is -2.29. The molecule has 2 N–H and O–H groups in total. The van der Waals surface area contributed by atoms with Crippen LogP contribution in [-0.4, -0.2) is 76.9 Å². The molecule has 0 aromatic heterocycles. The van der Waals surface area contributed by atoms with Gasteiger partial charge in [0.25, 0.3) is 10.0 Å². The fourth-order valence-electron chi connectivity index (χ4n) is 2.82. The molecule has 0 spiro atoms. The average Bonchev–Trinajstić information content (AvgIpc) is 2.64. The van der Waals surface area contributed by atoms with Crippen LogP contribution in [0.15, 0.2) is 34.2 Å². The van der Waals surface area contributed by atoms with Crippen molar-refractivity contribution in [2.45, 2.75) is 11.3 Å². The normalized spacial score (nSPS) is 19.7. The summed E-state index contributed by atoms with van der Waals surface area (Å²) < 4.78 is 32.5. The molecule has 0 atom stereocenters. The Labute approximate surface area is 159 Å². The zero-order valence-corrected chi connectivity index (χ0v) is 16.1. The quantitative estimate of drug-likeness (QED) is 0.722. The molecule has 10 heteroatoms. The Morgan fingerprint density at radius 2 is 1.85 bits per heavy atom. The zero-order valence-electron chi connectivity index (χ0n) is 14.5. The van der Waals surface area contributed by atoms with Crippen LogP contribution in [0.5, 0.6) is 0 Å². The SMILES string of the molecule is O=S(=O)(NC1=NCN(CCCN2CCOCC2)CN1)c1ccc(Cl)cc1. The molecule has 144 valence electrons. The van der Waals surface area contributed by atoms with Crippen LogP contribution < -0.4 is 10.0 Å². The van der Waals surface area contributed by atoms with E-state index in [1.54, 1.807) is 12.1 Å². The Kier molecular flexibility index (Phi) is 6.71. The van der Waals surface area contributed by atoms with Gasteiger partial charge in [-0.15, -0.1) is 0 Å². The fourth-order valence-corrected chi connectivity index (χ4v) is 3.95. The first kappa shape index (κ1) is 19.4. The second-order valence-electron chi connectivity index (χ2n) is 6.24. The number of halogens is 1. The summed E-state index contributed by atoms with van der Waals surface area (Å²) in [5.41, 5.74) is 0. The Hall–Kier alpha value is -1.39. The Balaban J connectivity index is 1.44. The number of hydrogen-bond acceptors (Lipinski definition) is 7. The van der Waals surface area contributed by atoms with Crippen LogP contribution in [0.1, 0.15) is 6.42 Å². The van der Waals surface area contributed by atoms with Crippen LogP contribution in [0.25, 0.3) is 0 Å². The van der Waals surface area contributed by atoms with Crippen molar-refractivity contribution in [2.24, 2.45) is 4.99 Å². The largest absolute Gasteiger partial charge is 0.379 e. The van der Waals surface area contributed by atoms with E-state index >= 15 is 0 Å². The molecule has 1 aromatic rings. The first-order valence-electron chi connectivity index (χ1n) is 8.62. The van der Waals surface area contributed by atoms with E-state index in [-0.39, 0.29) is 10.9 Å². The molecule has 2 aliphatic rings. The van der Waals surface area contributed by atoms with E-state index in [0.29, 0.717) is 18.4 Å². The summed E-state index contributed by atoms with van der Waals surface area (Å²) in [4.78, 5) is 8.98. The van der Waals surface area contributed by atoms with Gasteiger partial charge in [-0.05, 0) is 37.2 Å². The molecule has 0 bridgehead atoms. The molecule has 0 saturated carbocycles. The van der Waals surface area contributed by atoms with Gasteiger partial charge >= 0.3 is 0 Å². The predicted molar refractivity (Wildman–Crippen MR) is 101 cm³/mol. The van der Waals surface area contributed by atoms with E-state index in [2.05, 4.69) is 24.8 Å². The highest BCUT2D eigenvalue weighted by Crippen LogP contribution is 2.13. The monoisotopic (exact) mass is 401 g/mol. The summed E-state index contributed by atoms with van der Waals surface area (Å²) in [6, 6.07) is 6.02. The first-order valence-corrected chi connectivity index (χ1v) is 10.5. The summed E-state index contributed by atoms with van der Waals surface area (Å²) in [7, 11) is -3.66. The van der Waals surface area contributed by atoms with Gasteiger partial charge in [-0.1, -0.05) is 11.6 Å². The van der Waals surface area contributed by atoms with Crippen molar-refractivity contribution in [1.82, 2.24) is 19.8 Å². The number of aliphatic imine (C=N–C) groups is 1. The molecule has 8 nitrogen and oxygen atoms in total. The van der Waals surface area contributed by atoms with Gasteiger partial charge in [0, 0.05) is 24.7 Å². The van der Waals surface area contributed by atoms with Gasteiger partial charge in [-0.2, -0.15) is 0 Å². The smallest absolute Gasteiger partial charge is 0.264 e. The molecule has 26 heavy (non-hydrogen) atoms. The maximum atomic E-state index is 12.3. The summed E-state index contributed by atoms with van der Waals surface area (Å²) in [5, 5.41) is 3.51. The second kappa shape index (κ2) is 9.01. The highest BCUT2D eigenvalue weighted by molar-refractivity contribution is 7.90. The maximum Gasteiger partial charge on any atom is 0.264 e. The van der Waals surface area contributed by atoms with Crippen molar-refractivity contribution in [3.63, 3.8) is 0 Å². The van der Waals surface area contributed by atoms with Gasteiger partial charge < -0.3 is 10.1 Å². The molecule has 0 radical (unpaired) electrons. The molecule has 0 unspecified atom stereocenters. The number of ether oxygens (including phenoxy) is 1. The van der Waals surface area contributed by atoms with E-state index in [9.17, 15) is 8.42 Å². The van der Waals surface area contributed by atoms with Crippen molar-refractivity contribution in [2.75, 3.05) is 52.7 Å². The van der Waals surface area contributed by atoms with E-state index in [1.165, 1.54) is 12.1 Å². The van der Waals surface area contributed by atoms with Crippen LogP contribution in [-0.2, 0) is 14.8 Å². The van der Waals surface area contributed by atoms with E-state index in [4.69, 9.17) is 16.3 Å². The molecule has 3 rings (SSSR count). The predicted octanol–water partition coefficient (Wildman–Crippen LogP) is 0.517. The van der Waals surface area contributed by atoms with Gasteiger partial charge in [-0.3, -0.25) is 9.80 Å². The lowest BCUT2D eigenvalue weighted by atomic mass is 10.3. The molecule has 2 heterocycles. The zero-order chi connectivity index (χ0) is 18.4. The Bertz CT molecular complexity index is 720. The third-order valence-electron chi connectivity index (χ3n) is 4.31. The molecule has 1 fully saturated rings. The summed E-state index contributed by atoms with van der Waals surface area (Å²) in [6.07, 6.45) is 1.04. The summed E-state index contributed by atoms with van der Waals surface area (Å²) >= 11 is 5.79. The standard InChI is InChI=1S/C16H24ClN5O3S/c17-14-2-4-15(5-3-14)26(23,24)20-16-18-12-22(13-19-16)7-1-6-21-8-10-25-11-9-21/h2-5H,1,6-13H2,(H2,18,19,20). The molecule has 1 aromatic carbocycles. The van der Waals surface area contributed by atoms with Crippen LogP contribution in [0.2, 0.25) is 5.02 Å². The third-order valence-corrected chi connectivity index (χ3v) is 5.91. The summed E-state index contributed by atoms with van der Waals surface area (Å²) in [5.74, 6) is 0.268. The van der Waals surface area contributed by atoms with Crippen molar-refractivity contribution >= 4 is 27.6 Å². The Morgan fingerprint density at radius 3 is 2.50 bits per heavy atom. The molecule has 0 amide bonds. The minimum absolute atomic E-state index is 0.152. The van der Waals surface area contributed by atoms with Gasteiger partial charge in [0.05, 0.1) is 31.4 Å². The second-order valence-corrected chi connectivity index (χ2v) is 8.36. The number of morpholine rings is 1. The molecule has 2 aliphatic heterocycles. The van der Waals surface area contributed by atoms with Crippen molar-refractivity contribution in [1.29, 1.82) is 0 Å². The van der Waals surface area contributed by atoms with Crippen molar-refractivity contribution in [3.8, 4) is 0 Å². The minimum atomic E-state index is -3.66. The molecule has 1 saturated heterocycles. The van der Waals surface area contributed by atoms with E-state index in [0.717, 1.165) is 45.8 Å². The van der Waals surface area contributed by atoms with Gasteiger partial charge in [0.15, 0.2) is 0 Å². The van der Waals surface area contributed by atoms with Crippen LogP contribution in [0, 0.1) is 0 Å². The third kappa shape index (κ3) is 5.55. The average molecular weight is 402 g/mol. The number of nitrogens with one attached hydrogen (secondary N) is 2. The molecular formula is C16H24ClN5O3S. The number of benzene rings is 1. The summed E-state index contributed by atoms with van der Waals surface area (Å²) in [6.45, 7) is 6.59. The Morgan fingerprint density at radius 1 is 1.15 bits per heavy atom. The molecular weight excluding hydrogens is 378 g/mol. The van der Waals surface area contributed by atoms with Crippen LogP contribution >= 0.6 is 11.6 Å². The van der Waals surface area contributed by atoms with Crippen molar-refractivity contribution < 1.29 is 13.2 Å². The fraction of sp³-hybridized carbons (Fsp3) is 0.562. The lowest BCUT2D eigenvalue weighted by molar-refractivity contribution is 0.0360. The number of rotatable bonds is 6. The first-order chi connectivity index (χ1) is 12.5. The van der Waals surface area contributed by atoms with Crippen LogP contribution in [0.4, 0.5) is 0 Å². The maximum absolute atomic E-state index is 12.3. The van der Waals surface area contributed by atoms with Crippen molar-refractivity contribution in [3.05, 3.63) is 29.3 Å². The van der Waals surface area contributed by atoms with Gasteiger partial charge in [-0.25, -0.2) is 18.1 Å². The minimum Gasteiger partial charge on any atom is -0.379 e. The van der Waals surface area contributed by atoms with E-state index in [1.807, 2.05) is 0 Å². The lowest BCUT2D eigenvalue weighted by Crippen LogP contribution is -2.50. The van der Waals surface area contributed by atoms with Gasteiger partial charge in [0.1, 0.15) is 0 Å². The number of guanidine groups is 1. The van der Waals surface area contributed by atoms with Gasteiger partial charge in [0.2, 0.25) is 5.96 Å². The number of nitrogens with zero attached hydrogens (tertiary/aromatic N) is 3. The highest BCUT2D eigenvalue weighted by Gasteiger charge is 2.19.